The molecule has 8 heteroatoms. The number of carbonyl (C=O) groups excluding carboxylic acids is 1. The van der Waals surface area contributed by atoms with Crippen LogP contribution in [0.2, 0.25) is 5.02 Å². The number of hydrogen-bond donors (Lipinski definition) is 3. The molecule has 6 nitrogen and oxygen atoms in total. The second-order valence-electron chi connectivity index (χ2n) is 8.32. The third kappa shape index (κ3) is 9.97. The molecule has 0 bridgehead atoms. The number of rotatable bonds is 10. The maximum absolute atomic E-state index is 12.4. The number of H-pyrrole nitrogens is 1. The Morgan fingerprint density at radius 2 is 1.82 bits per heavy atom. The van der Waals surface area contributed by atoms with Gasteiger partial charge in [0.2, 0.25) is 5.91 Å². The molecule has 3 aromatic rings. The van der Waals surface area contributed by atoms with Gasteiger partial charge in [-0.15, -0.1) is 11.6 Å². The third-order valence-corrected chi connectivity index (χ3v) is 5.97. The molecule has 1 aromatic heterocycles. The quantitative estimate of drug-likeness (QED) is 0.129. The molecule has 0 radical (unpaired) electrons. The summed E-state index contributed by atoms with van der Waals surface area (Å²) in [5, 5.41) is 13.4. The van der Waals surface area contributed by atoms with E-state index in [9.17, 15) is 14.7 Å². The topological polar surface area (TPSA) is 91.4 Å². The van der Waals surface area contributed by atoms with Crippen molar-refractivity contribution in [2.24, 2.45) is 0 Å². The van der Waals surface area contributed by atoms with E-state index in [1.165, 1.54) is 24.1 Å². The Balaban J connectivity index is 0.00000127. The maximum atomic E-state index is 12.4. The molecule has 0 unspecified atom stereocenters. The first-order valence-electron chi connectivity index (χ1n) is 13.0. The van der Waals surface area contributed by atoms with E-state index in [0.717, 1.165) is 37.9 Å². The lowest BCUT2D eigenvalue weighted by Gasteiger charge is -2.09. The number of aromatic nitrogens is 1. The van der Waals surface area contributed by atoms with Gasteiger partial charge >= 0.3 is 5.97 Å². The summed E-state index contributed by atoms with van der Waals surface area (Å²) in [6.45, 7) is 4.65. The second-order valence-corrected chi connectivity index (χ2v) is 8.76. The fourth-order valence-corrected chi connectivity index (χ4v) is 4.16. The van der Waals surface area contributed by atoms with Gasteiger partial charge in [0.25, 0.3) is 0 Å². The number of anilines is 1. The number of aromatic amines is 1. The summed E-state index contributed by atoms with van der Waals surface area (Å²) in [7, 11) is 0. The summed E-state index contributed by atoms with van der Waals surface area (Å²) in [4.78, 5) is 26.9. The van der Waals surface area contributed by atoms with Crippen molar-refractivity contribution in [1.82, 2.24) is 4.98 Å². The fraction of sp³-hybridized carbons (Fsp3) is 0.290. The largest absolute Gasteiger partial charge is 0.494 e. The van der Waals surface area contributed by atoms with Crippen LogP contribution >= 0.6 is 23.2 Å². The van der Waals surface area contributed by atoms with Crippen LogP contribution < -0.4 is 10.1 Å². The van der Waals surface area contributed by atoms with Gasteiger partial charge in [-0.2, -0.15) is 0 Å². The van der Waals surface area contributed by atoms with Gasteiger partial charge in [0.1, 0.15) is 11.4 Å². The van der Waals surface area contributed by atoms with Crippen molar-refractivity contribution >= 4 is 57.7 Å². The van der Waals surface area contributed by atoms with E-state index in [1.807, 2.05) is 26.0 Å². The van der Waals surface area contributed by atoms with Gasteiger partial charge in [0.15, 0.2) is 0 Å². The minimum Gasteiger partial charge on any atom is -0.494 e. The van der Waals surface area contributed by atoms with Crippen molar-refractivity contribution in [2.75, 3.05) is 18.3 Å². The van der Waals surface area contributed by atoms with Gasteiger partial charge in [-0.1, -0.05) is 55.3 Å². The van der Waals surface area contributed by atoms with Gasteiger partial charge in [-0.25, -0.2) is 4.79 Å². The van der Waals surface area contributed by atoms with E-state index in [2.05, 4.69) is 40.1 Å². The Morgan fingerprint density at radius 3 is 2.49 bits per heavy atom. The van der Waals surface area contributed by atoms with Crippen LogP contribution in [0.1, 0.15) is 62.0 Å². The number of alkyl halides is 1. The van der Waals surface area contributed by atoms with Gasteiger partial charge in [-0.3, -0.25) is 4.79 Å². The highest BCUT2D eigenvalue weighted by atomic mass is 35.5. The molecule has 0 saturated carbocycles. The molecule has 1 aliphatic rings. The van der Waals surface area contributed by atoms with Crippen molar-refractivity contribution in [3.63, 3.8) is 0 Å². The highest BCUT2D eigenvalue weighted by Crippen LogP contribution is 2.27. The number of halogens is 2. The van der Waals surface area contributed by atoms with Crippen molar-refractivity contribution in [2.45, 2.75) is 46.0 Å². The number of benzene rings is 2. The lowest BCUT2D eigenvalue weighted by Crippen LogP contribution is -2.08. The predicted molar refractivity (Wildman–Crippen MR) is 163 cm³/mol. The third-order valence-electron chi connectivity index (χ3n) is 5.74. The zero-order chi connectivity index (χ0) is 28.6. The smallest absolute Gasteiger partial charge is 0.352 e. The first-order valence-corrected chi connectivity index (χ1v) is 14.1. The second kappa shape index (κ2) is 17.2. The number of amides is 1. The molecule has 4 rings (SSSR count). The molecule has 1 heterocycles. The molecular formula is C31H36Cl2N2O4. The minimum atomic E-state index is -1.11. The van der Waals surface area contributed by atoms with Gasteiger partial charge in [0.05, 0.1) is 6.61 Å². The molecule has 1 amide bonds. The summed E-state index contributed by atoms with van der Waals surface area (Å²) in [5.41, 5.74) is 3.04. The Morgan fingerprint density at radius 1 is 1.08 bits per heavy atom. The highest BCUT2D eigenvalue weighted by Gasteiger charge is 2.15. The molecular weight excluding hydrogens is 535 g/mol. The van der Waals surface area contributed by atoms with Crippen molar-refractivity contribution in [1.29, 1.82) is 0 Å². The van der Waals surface area contributed by atoms with E-state index in [4.69, 9.17) is 16.3 Å². The molecule has 2 aromatic carbocycles. The number of carboxylic acid groups (broad SMARTS) is 1. The average molecular weight is 572 g/mol. The lowest BCUT2D eigenvalue weighted by molar-refractivity contribution is -0.111. The first-order chi connectivity index (χ1) is 19.0. The average Bonchev–Trinajstić information content (AvgIpc) is 3.33. The Bertz CT molecular complexity index is 1310. The van der Waals surface area contributed by atoms with E-state index in [1.54, 1.807) is 30.3 Å². The van der Waals surface area contributed by atoms with Crippen molar-refractivity contribution in [3.8, 4) is 5.75 Å². The van der Waals surface area contributed by atoms with E-state index >= 15 is 0 Å². The summed E-state index contributed by atoms with van der Waals surface area (Å²) in [5.74, 6) is -0.737. The highest BCUT2D eigenvalue weighted by molar-refractivity contribution is 6.31. The molecule has 0 atom stereocenters. The molecule has 0 saturated heterocycles. The van der Waals surface area contributed by atoms with Crippen LogP contribution in [0, 0.1) is 0 Å². The SMILES string of the molecule is CC.CCl.O=C(/C=C/c1c(C(=O)O)[nH]c2cc(Cl)ccc12)Nc1ccc(OCCCCC2=CCCC=C2)cc1. The number of ether oxygens (including phenoxy) is 1. The van der Waals surface area contributed by atoms with Crippen LogP contribution in [0.25, 0.3) is 17.0 Å². The van der Waals surface area contributed by atoms with Crippen LogP contribution in [-0.4, -0.2) is 35.0 Å². The maximum Gasteiger partial charge on any atom is 0.352 e. The summed E-state index contributed by atoms with van der Waals surface area (Å²) in [6, 6.07) is 12.2. The van der Waals surface area contributed by atoms with Crippen LogP contribution in [0.4, 0.5) is 5.69 Å². The van der Waals surface area contributed by atoms with E-state index in [0.29, 0.717) is 33.8 Å². The van der Waals surface area contributed by atoms with Crippen molar-refractivity contribution < 1.29 is 19.4 Å². The van der Waals surface area contributed by atoms with Crippen molar-refractivity contribution in [3.05, 3.63) is 88.6 Å². The molecule has 39 heavy (non-hydrogen) atoms. The van der Waals surface area contributed by atoms with E-state index < -0.39 is 5.97 Å². The molecule has 1 aliphatic carbocycles. The number of carboxylic acids is 1. The molecule has 0 fully saturated rings. The van der Waals surface area contributed by atoms with Crippen LogP contribution in [0.15, 0.2) is 72.3 Å². The van der Waals surface area contributed by atoms with Crippen LogP contribution in [-0.2, 0) is 4.79 Å². The number of unbranched alkanes of at least 4 members (excludes halogenated alkanes) is 1. The number of allylic oxidation sites excluding steroid dienone is 4. The standard InChI is InChI=1S/C28H27ClN2O4.C2H6.CH3Cl/c29-20-9-14-23-24(27(28(33)34)31-25(23)18-20)15-16-26(32)30-21-10-12-22(13-11-21)35-17-5-4-8-19-6-2-1-3-7-19;2*1-2/h2,6-7,9-16,18,31H,1,3-5,8,17H2,(H,30,32)(H,33,34);1-2H3;1H3/b16-15+;;. The molecule has 208 valence electrons. The zero-order valence-electron chi connectivity index (χ0n) is 22.6. The van der Waals surface area contributed by atoms with Gasteiger partial charge < -0.3 is 20.1 Å². The molecule has 0 aliphatic heterocycles. The lowest BCUT2D eigenvalue weighted by atomic mass is 10.0. The minimum absolute atomic E-state index is 0.000232. The Hall–Kier alpha value is -3.48. The van der Waals surface area contributed by atoms with Gasteiger partial charge in [-0.05, 0) is 74.6 Å². The van der Waals surface area contributed by atoms with Gasteiger partial charge in [0, 0.05) is 39.6 Å². The molecule has 3 N–H and O–H groups in total. The Labute approximate surface area is 240 Å². The van der Waals surface area contributed by atoms with Crippen LogP contribution in [0.3, 0.4) is 0 Å². The fourth-order valence-electron chi connectivity index (χ4n) is 3.98. The number of fused-ring (bicyclic) bond motifs is 1. The number of aromatic carboxylic acids is 1. The normalized spacial score (nSPS) is 12.2. The summed E-state index contributed by atoms with van der Waals surface area (Å²) in [6.07, 6.45) is 16.5. The first kappa shape index (κ1) is 31.7. The summed E-state index contributed by atoms with van der Waals surface area (Å²) < 4.78 is 5.80. The monoisotopic (exact) mass is 570 g/mol. The predicted octanol–water partition coefficient (Wildman–Crippen LogP) is 8.88. The molecule has 0 spiro atoms. The zero-order valence-corrected chi connectivity index (χ0v) is 24.1. The Kier molecular flexibility index (Phi) is 14.0. The number of hydrogen-bond acceptors (Lipinski definition) is 3. The number of carbonyl (C=O) groups is 2. The van der Waals surface area contributed by atoms with E-state index in [-0.39, 0.29) is 11.6 Å². The summed E-state index contributed by atoms with van der Waals surface area (Å²) >= 11 is 10.6. The van der Waals surface area contributed by atoms with Crippen LogP contribution in [0.5, 0.6) is 5.75 Å². The number of nitrogens with one attached hydrogen (secondary N) is 2.